The Bertz CT molecular complexity index is 1150. The van der Waals surface area contributed by atoms with Gasteiger partial charge in [0.25, 0.3) is 5.91 Å². The van der Waals surface area contributed by atoms with Crippen molar-refractivity contribution in [2.45, 2.75) is 24.0 Å². The summed E-state index contributed by atoms with van der Waals surface area (Å²) in [5.74, 6) is -0.562. The molecule has 2 saturated heterocycles. The number of carbonyl (C=O) groups excluding carboxylic acids is 2. The summed E-state index contributed by atoms with van der Waals surface area (Å²) in [4.78, 5) is 35.6. The Kier molecular flexibility index (Phi) is 5.83. The second-order valence-electron chi connectivity index (χ2n) is 7.87. The lowest BCUT2D eigenvalue weighted by Crippen LogP contribution is -2.37. The smallest absolute Gasteiger partial charge is 0.266 e. The largest absolute Gasteiger partial charge is 0.494 e. The van der Waals surface area contributed by atoms with Crippen molar-refractivity contribution >= 4 is 35.0 Å². The number of rotatable bonds is 6. The van der Waals surface area contributed by atoms with Crippen molar-refractivity contribution in [1.82, 2.24) is 0 Å². The molecule has 0 bridgehead atoms. The van der Waals surface area contributed by atoms with E-state index in [1.165, 1.54) is 4.90 Å². The van der Waals surface area contributed by atoms with E-state index in [2.05, 4.69) is 0 Å². The van der Waals surface area contributed by atoms with Crippen molar-refractivity contribution in [2.24, 2.45) is 5.92 Å². The molecule has 33 heavy (non-hydrogen) atoms. The summed E-state index contributed by atoms with van der Waals surface area (Å²) in [6, 6.07) is 24.3. The molecule has 0 spiro atoms. The Hall–Kier alpha value is -3.29. The van der Waals surface area contributed by atoms with Crippen molar-refractivity contribution in [2.75, 3.05) is 22.8 Å². The van der Waals surface area contributed by atoms with Crippen LogP contribution in [0.1, 0.15) is 18.5 Å². The number of hydroxylamine groups is 1. The number of fused-ring (bicyclic) bond motifs is 1. The maximum atomic E-state index is 13.7. The van der Waals surface area contributed by atoms with Crippen molar-refractivity contribution in [3.8, 4) is 5.75 Å². The van der Waals surface area contributed by atoms with Crippen LogP contribution in [-0.2, 0) is 14.4 Å². The van der Waals surface area contributed by atoms with E-state index in [9.17, 15) is 9.59 Å². The zero-order valence-corrected chi connectivity index (χ0v) is 19.2. The van der Waals surface area contributed by atoms with Gasteiger partial charge in [0, 0.05) is 4.90 Å². The standard InChI is InChI=1S/C26H24N2O4S/c1-3-31-20-13-11-18(12-14-20)27-25(29)22-23(17-9-15-21(33-2)16-10-17)28(32-24(22)26(27)30)19-7-5-4-6-8-19/h4-16,22-24H,3H2,1-2H3/t22-,23+,24-/m0/s1. The lowest BCUT2D eigenvalue weighted by atomic mass is 9.90. The number of ether oxygens (including phenoxy) is 1. The average Bonchev–Trinajstić information content (AvgIpc) is 3.36. The van der Waals surface area contributed by atoms with Gasteiger partial charge in [-0.2, -0.15) is 0 Å². The highest BCUT2D eigenvalue weighted by Crippen LogP contribution is 2.47. The molecule has 2 aliphatic heterocycles. The quantitative estimate of drug-likeness (QED) is 0.387. The minimum absolute atomic E-state index is 0.258. The Balaban J connectivity index is 1.52. The van der Waals surface area contributed by atoms with Gasteiger partial charge in [0.2, 0.25) is 5.91 Å². The molecule has 0 N–H and O–H groups in total. The minimum Gasteiger partial charge on any atom is -0.494 e. The van der Waals surface area contributed by atoms with Gasteiger partial charge in [-0.15, -0.1) is 11.8 Å². The number of hydrogen-bond donors (Lipinski definition) is 0. The highest BCUT2D eigenvalue weighted by Gasteiger charge is 2.60. The van der Waals surface area contributed by atoms with Gasteiger partial charge in [0.15, 0.2) is 6.10 Å². The van der Waals surface area contributed by atoms with Crippen molar-refractivity contribution in [1.29, 1.82) is 0 Å². The van der Waals surface area contributed by atoms with Gasteiger partial charge in [0.1, 0.15) is 11.7 Å². The molecule has 0 aromatic heterocycles. The van der Waals surface area contributed by atoms with Gasteiger partial charge >= 0.3 is 0 Å². The van der Waals surface area contributed by atoms with Crippen LogP contribution in [0.5, 0.6) is 5.75 Å². The molecule has 0 unspecified atom stereocenters. The molecule has 2 fully saturated rings. The van der Waals surface area contributed by atoms with Gasteiger partial charge in [0.05, 0.1) is 24.0 Å². The van der Waals surface area contributed by atoms with E-state index < -0.39 is 18.1 Å². The minimum atomic E-state index is -0.880. The third kappa shape index (κ3) is 3.77. The molecule has 6 nitrogen and oxygen atoms in total. The van der Waals surface area contributed by atoms with Crippen LogP contribution in [0.2, 0.25) is 0 Å². The normalized spacial score (nSPS) is 22.1. The van der Waals surface area contributed by atoms with Crippen LogP contribution < -0.4 is 14.7 Å². The second-order valence-corrected chi connectivity index (χ2v) is 8.75. The molecule has 7 heteroatoms. The summed E-state index contributed by atoms with van der Waals surface area (Å²) in [7, 11) is 0. The molecule has 3 aromatic rings. The van der Waals surface area contributed by atoms with E-state index in [1.807, 2.05) is 67.8 Å². The van der Waals surface area contributed by atoms with Crippen molar-refractivity contribution < 1.29 is 19.2 Å². The zero-order valence-electron chi connectivity index (χ0n) is 18.4. The number of imide groups is 1. The second kappa shape index (κ2) is 8.92. The first-order valence-corrected chi connectivity index (χ1v) is 12.1. The first-order valence-electron chi connectivity index (χ1n) is 10.9. The van der Waals surface area contributed by atoms with Gasteiger partial charge in [-0.25, -0.2) is 9.96 Å². The SMILES string of the molecule is CCOc1ccc(N2C(=O)[C@@H]3[C@H](ON(c4ccccc4)[C@@H]3c3ccc(SC)cc3)C2=O)cc1. The van der Waals surface area contributed by atoms with Gasteiger partial charge < -0.3 is 4.74 Å². The molecular formula is C26H24N2O4S. The number of amides is 2. The third-order valence-electron chi connectivity index (χ3n) is 5.99. The van der Waals surface area contributed by atoms with Gasteiger partial charge in [-0.05, 0) is 67.3 Å². The van der Waals surface area contributed by atoms with E-state index in [-0.39, 0.29) is 11.8 Å². The topological polar surface area (TPSA) is 59.1 Å². The van der Waals surface area contributed by atoms with E-state index in [0.717, 1.165) is 16.1 Å². The van der Waals surface area contributed by atoms with Crippen LogP contribution >= 0.6 is 11.8 Å². The van der Waals surface area contributed by atoms with Crippen molar-refractivity contribution in [3.05, 3.63) is 84.4 Å². The monoisotopic (exact) mass is 460 g/mol. The van der Waals surface area contributed by atoms with Gasteiger partial charge in [-0.1, -0.05) is 30.3 Å². The molecule has 0 radical (unpaired) electrons. The fourth-order valence-electron chi connectivity index (χ4n) is 4.47. The summed E-state index contributed by atoms with van der Waals surface area (Å²) < 4.78 is 5.49. The van der Waals surface area contributed by atoms with Crippen LogP contribution in [0.15, 0.2) is 83.8 Å². The maximum Gasteiger partial charge on any atom is 0.266 e. The Morgan fingerprint density at radius 2 is 1.58 bits per heavy atom. The lowest BCUT2D eigenvalue weighted by Gasteiger charge is -2.28. The molecule has 0 aliphatic carbocycles. The third-order valence-corrected chi connectivity index (χ3v) is 6.73. The number of carbonyl (C=O) groups is 2. The Morgan fingerprint density at radius 3 is 2.21 bits per heavy atom. The highest BCUT2D eigenvalue weighted by molar-refractivity contribution is 7.98. The highest BCUT2D eigenvalue weighted by atomic mass is 32.2. The number of para-hydroxylation sites is 1. The predicted molar refractivity (Wildman–Crippen MR) is 128 cm³/mol. The fourth-order valence-corrected chi connectivity index (χ4v) is 4.87. The number of hydrogen-bond acceptors (Lipinski definition) is 6. The molecule has 3 aromatic carbocycles. The average molecular weight is 461 g/mol. The number of benzene rings is 3. The predicted octanol–water partition coefficient (Wildman–Crippen LogP) is 4.86. The molecule has 168 valence electrons. The van der Waals surface area contributed by atoms with E-state index in [1.54, 1.807) is 41.1 Å². The molecule has 3 atom stereocenters. The molecule has 2 amide bonds. The molecule has 2 aliphatic rings. The molecular weight excluding hydrogens is 436 g/mol. The van der Waals surface area contributed by atoms with Crippen LogP contribution in [0, 0.1) is 5.92 Å². The Labute approximate surface area is 197 Å². The van der Waals surface area contributed by atoms with E-state index in [0.29, 0.717) is 18.0 Å². The van der Waals surface area contributed by atoms with E-state index >= 15 is 0 Å². The zero-order chi connectivity index (χ0) is 22.9. The molecule has 2 heterocycles. The number of anilines is 2. The fraction of sp³-hybridized carbons (Fsp3) is 0.231. The maximum absolute atomic E-state index is 13.7. The van der Waals surface area contributed by atoms with Gasteiger partial charge in [-0.3, -0.25) is 14.4 Å². The van der Waals surface area contributed by atoms with Crippen LogP contribution in [-0.4, -0.2) is 30.8 Å². The summed E-state index contributed by atoms with van der Waals surface area (Å²) in [5.41, 5.74) is 2.26. The summed E-state index contributed by atoms with van der Waals surface area (Å²) in [6.07, 6.45) is 1.14. The summed E-state index contributed by atoms with van der Waals surface area (Å²) in [6.45, 7) is 2.45. The number of thioether (sulfide) groups is 1. The van der Waals surface area contributed by atoms with Crippen LogP contribution in [0.3, 0.4) is 0 Å². The number of nitrogens with zero attached hydrogens (tertiary/aromatic N) is 2. The van der Waals surface area contributed by atoms with Crippen LogP contribution in [0.4, 0.5) is 11.4 Å². The lowest BCUT2D eigenvalue weighted by molar-refractivity contribution is -0.126. The van der Waals surface area contributed by atoms with Crippen molar-refractivity contribution in [3.63, 3.8) is 0 Å². The molecule has 5 rings (SSSR count). The Morgan fingerprint density at radius 1 is 0.879 bits per heavy atom. The summed E-state index contributed by atoms with van der Waals surface area (Å²) >= 11 is 1.66. The summed E-state index contributed by atoms with van der Waals surface area (Å²) in [5, 5.41) is 1.72. The van der Waals surface area contributed by atoms with Crippen LogP contribution in [0.25, 0.3) is 0 Å². The first-order chi connectivity index (χ1) is 16.1. The first kappa shape index (κ1) is 21.6. The molecule has 0 saturated carbocycles. The van der Waals surface area contributed by atoms with E-state index in [4.69, 9.17) is 9.57 Å².